The van der Waals surface area contributed by atoms with Gasteiger partial charge in [0.15, 0.2) is 0 Å². The van der Waals surface area contributed by atoms with E-state index < -0.39 is 5.60 Å². The SMILES string of the molecule is CCn1cncc1CN1C[C@@H]2CCC[C@](O)(c3ccc(F)cc3)[C@H]2C1. The number of fused-ring (bicyclic) bond motifs is 1. The molecule has 0 amide bonds. The zero-order valence-electron chi connectivity index (χ0n) is 14.7. The number of halogens is 1. The van der Waals surface area contributed by atoms with Gasteiger partial charge in [-0.15, -0.1) is 0 Å². The number of hydrogen-bond donors (Lipinski definition) is 1. The molecule has 4 rings (SSSR count). The predicted molar refractivity (Wildman–Crippen MR) is 94.3 cm³/mol. The maximum Gasteiger partial charge on any atom is 0.123 e. The summed E-state index contributed by atoms with van der Waals surface area (Å²) >= 11 is 0. The van der Waals surface area contributed by atoms with Gasteiger partial charge in [0.25, 0.3) is 0 Å². The summed E-state index contributed by atoms with van der Waals surface area (Å²) in [5, 5.41) is 11.5. The van der Waals surface area contributed by atoms with Gasteiger partial charge in [-0.1, -0.05) is 12.1 Å². The van der Waals surface area contributed by atoms with Crippen molar-refractivity contribution in [2.45, 2.75) is 44.9 Å². The van der Waals surface area contributed by atoms with Gasteiger partial charge in [0.1, 0.15) is 5.82 Å². The molecular formula is C20H26FN3O. The van der Waals surface area contributed by atoms with Gasteiger partial charge in [0.2, 0.25) is 0 Å². The van der Waals surface area contributed by atoms with E-state index in [0.29, 0.717) is 5.92 Å². The summed E-state index contributed by atoms with van der Waals surface area (Å²) in [7, 11) is 0. The van der Waals surface area contributed by atoms with E-state index in [1.54, 1.807) is 12.1 Å². The standard InChI is InChI=1S/C20H26FN3O/c1-2-24-14-22-10-18(24)12-23-11-15-4-3-9-20(25,19(15)13-23)16-5-7-17(21)8-6-16/h5-8,10,14-15,19,25H,2-4,9,11-13H2,1H3/t15-,19-,20-/m0/s1. The molecule has 1 N–H and O–H groups in total. The van der Waals surface area contributed by atoms with Crippen molar-refractivity contribution in [2.24, 2.45) is 11.8 Å². The lowest BCUT2D eigenvalue weighted by Crippen LogP contribution is -2.42. The molecule has 3 atom stereocenters. The van der Waals surface area contributed by atoms with Gasteiger partial charge in [-0.25, -0.2) is 9.37 Å². The van der Waals surface area contributed by atoms with Crippen LogP contribution in [0.4, 0.5) is 4.39 Å². The van der Waals surface area contributed by atoms with Crippen LogP contribution in [0.3, 0.4) is 0 Å². The second-order valence-corrected chi connectivity index (χ2v) is 7.56. The van der Waals surface area contributed by atoms with Crippen molar-refractivity contribution in [1.82, 2.24) is 14.5 Å². The second-order valence-electron chi connectivity index (χ2n) is 7.56. The van der Waals surface area contributed by atoms with Gasteiger partial charge in [-0.05, 0) is 49.8 Å². The fourth-order valence-corrected chi connectivity index (χ4v) is 4.83. The van der Waals surface area contributed by atoms with E-state index in [4.69, 9.17) is 0 Å². The van der Waals surface area contributed by atoms with Gasteiger partial charge in [-0.3, -0.25) is 4.90 Å². The summed E-state index contributed by atoms with van der Waals surface area (Å²) in [6.45, 7) is 5.83. The van der Waals surface area contributed by atoms with E-state index in [1.165, 1.54) is 17.8 Å². The Morgan fingerprint density at radius 2 is 2.08 bits per heavy atom. The Hall–Kier alpha value is -1.72. The molecule has 2 aliphatic rings. The highest BCUT2D eigenvalue weighted by molar-refractivity contribution is 5.26. The molecule has 25 heavy (non-hydrogen) atoms. The van der Waals surface area contributed by atoms with Crippen molar-refractivity contribution >= 4 is 0 Å². The first kappa shape index (κ1) is 16.7. The normalized spacial score (nSPS) is 29.7. The molecule has 0 spiro atoms. The van der Waals surface area contributed by atoms with E-state index >= 15 is 0 Å². The predicted octanol–water partition coefficient (Wildman–Crippen LogP) is 3.16. The lowest BCUT2D eigenvalue weighted by Gasteiger charge is -2.41. The smallest absolute Gasteiger partial charge is 0.123 e. The molecule has 1 saturated carbocycles. The Labute approximate surface area is 148 Å². The lowest BCUT2D eigenvalue weighted by molar-refractivity contribution is -0.0649. The van der Waals surface area contributed by atoms with Gasteiger partial charge < -0.3 is 9.67 Å². The van der Waals surface area contributed by atoms with Crippen LogP contribution in [-0.4, -0.2) is 32.6 Å². The maximum absolute atomic E-state index is 13.3. The van der Waals surface area contributed by atoms with Gasteiger partial charge in [0, 0.05) is 38.3 Å². The Morgan fingerprint density at radius 3 is 2.84 bits per heavy atom. The van der Waals surface area contributed by atoms with Gasteiger partial charge in [-0.2, -0.15) is 0 Å². The highest BCUT2D eigenvalue weighted by atomic mass is 19.1. The Bertz CT molecular complexity index is 729. The summed E-state index contributed by atoms with van der Waals surface area (Å²) in [4.78, 5) is 6.70. The van der Waals surface area contributed by atoms with Gasteiger partial charge >= 0.3 is 0 Å². The molecule has 1 aromatic carbocycles. The first-order valence-corrected chi connectivity index (χ1v) is 9.30. The molecule has 1 aromatic heterocycles. The number of benzene rings is 1. The fraction of sp³-hybridized carbons (Fsp3) is 0.550. The van der Waals surface area contributed by atoms with E-state index in [2.05, 4.69) is 21.4 Å². The van der Waals surface area contributed by atoms with Crippen LogP contribution in [0.15, 0.2) is 36.8 Å². The molecule has 134 valence electrons. The molecule has 2 fully saturated rings. The van der Waals surface area contributed by atoms with Crippen molar-refractivity contribution in [3.8, 4) is 0 Å². The molecule has 1 aliphatic heterocycles. The molecule has 0 bridgehead atoms. The van der Waals surface area contributed by atoms with E-state index in [0.717, 1.165) is 51.0 Å². The van der Waals surface area contributed by atoms with Crippen LogP contribution in [0.1, 0.15) is 37.4 Å². The van der Waals surface area contributed by atoms with E-state index in [-0.39, 0.29) is 11.7 Å². The zero-order valence-corrected chi connectivity index (χ0v) is 14.7. The first-order chi connectivity index (χ1) is 12.1. The van der Waals surface area contributed by atoms with Crippen molar-refractivity contribution in [1.29, 1.82) is 0 Å². The van der Waals surface area contributed by atoms with Crippen LogP contribution < -0.4 is 0 Å². The van der Waals surface area contributed by atoms with E-state index in [9.17, 15) is 9.50 Å². The molecule has 0 radical (unpaired) electrons. The highest BCUT2D eigenvalue weighted by Crippen LogP contribution is 2.48. The average molecular weight is 343 g/mol. The number of likely N-dealkylation sites (tertiary alicyclic amines) is 1. The Morgan fingerprint density at radius 1 is 1.28 bits per heavy atom. The molecule has 1 aliphatic carbocycles. The lowest BCUT2D eigenvalue weighted by atomic mass is 9.67. The molecule has 4 nitrogen and oxygen atoms in total. The summed E-state index contributed by atoms with van der Waals surface area (Å²) < 4.78 is 15.5. The minimum Gasteiger partial charge on any atom is -0.385 e. The number of aromatic nitrogens is 2. The number of imidazole rings is 1. The summed E-state index contributed by atoms with van der Waals surface area (Å²) in [6.07, 6.45) is 6.78. The van der Waals surface area contributed by atoms with Gasteiger partial charge in [0.05, 0.1) is 17.6 Å². The summed E-state index contributed by atoms with van der Waals surface area (Å²) in [5.74, 6) is 0.465. The Balaban J connectivity index is 1.55. The topological polar surface area (TPSA) is 41.3 Å². The van der Waals surface area contributed by atoms with E-state index in [1.807, 2.05) is 12.5 Å². The fourth-order valence-electron chi connectivity index (χ4n) is 4.83. The molecule has 5 heteroatoms. The first-order valence-electron chi connectivity index (χ1n) is 9.30. The minimum absolute atomic E-state index is 0.213. The van der Waals surface area contributed by atoms with Crippen LogP contribution in [0, 0.1) is 17.7 Å². The number of aryl methyl sites for hydroxylation is 1. The van der Waals surface area contributed by atoms with Crippen molar-refractivity contribution in [3.05, 3.63) is 53.9 Å². The third kappa shape index (κ3) is 3.00. The van der Waals surface area contributed by atoms with Crippen LogP contribution in [-0.2, 0) is 18.7 Å². The quantitative estimate of drug-likeness (QED) is 0.927. The molecule has 2 aromatic rings. The molecule has 1 saturated heterocycles. The third-order valence-corrected chi connectivity index (χ3v) is 6.13. The largest absolute Gasteiger partial charge is 0.385 e. The molecular weight excluding hydrogens is 317 g/mol. The number of aliphatic hydroxyl groups is 1. The monoisotopic (exact) mass is 343 g/mol. The molecule has 0 unspecified atom stereocenters. The summed E-state index contributed by atoms with van der Waals surface area (Å²) in [6, 6.07) is 6.44. The Kier molecular flexibility index (Phi) is 4.38. The number of hydrogen-bond acceptors (Lipinski definition) is 3. The molecule has 2 heterocycles. The van der Waals surface area contributed by atoms with Crippen LogP contribution >= 0.6 is 0 Å². The van der Waals surface area contributed by atoms with Crippen LogP contribution in [0.5, 0.6) is 0 Å². The minimum atomic E-state index is -0.837. The van der Waals surface area contributed by atoms with Crippen molar-refractivity contribution < 1.29 is 9.50 Å². The van der Waals surface area contributed by atoms with Crippen molar-refractivity contribution in [3.63, 3.8) is 0 Å². The number of nitrogens with zero attached hydrogens (tertiary/aromatic N) is 3. The van der Waals surface area contributed by atoms with Crippen molar-refractivity contribution in [2.75, 3.05) is 13.1 Å². The van der Waals surface area contributed by atoms with Crippen LogP contribution in [0.2, 0.25) is 0 Å². The summed E-state index contributed by atoms with van der Waals surface area (Å²) in [5.41, 5.74) is 1.26. The number of rotatable bonds is 4. The zero-order chi connectivity index (χ0) is 17.4. The average Bonchev–Trinajstić information content (AvgIpc) is 3.23. The maximum atomic E-state index is 13.3. The highest BCUT2D eigenvalue weighted by Gasteiger charge is 2.49. The second kappa shape index (κ2) is 6.54. The van der Waals surface area contributed by atoms with Crippen LogP contribution in [0.25, 0.3) is 0 Å². The third-order valence-electron chi connectivity index (χ3n) is 6.13.